The molecular formula is C23H22N4. The van der Waals surface area contributed by atoms with Gasteiger partial charge in [0.15, 0.2) is 5.96 Å². The molecule has 4 nitrogen and oxygen atoms in total. The average molecular weight is 354 g/mol. The molecule has 0 amide bonds. The maximum Gasteiger partial charge on any atom is 0.188 e. The third kappa shape index (κ3) is 5.20. The summed E-state index contributed by atoms with van der Waals surface area (Å²) in [6, 6.07) is 28.2. The van der Waals surface area contributed by atoms with Crippen molar-refractivity contribution >= 4 is 5.96 Å². The monoisotopic (exact) mass is 354 g/mol. The van der Waals surface area contributed by atoms with Crippen LogP contribution in [0.2, 0.25) is 0 Å². The van der Waals surface area contributed by atoms with E-state index in [4.69, 9.17) is 5.73 Å². The van der Waals surface area contributed by atoms with Crippen LogP contribution in [0.5, 0.6) is 0 Å². The lowest BCUT2D eigenvalue weighted by atomic mass is 9.99. The van der Waals surface area contributed by atoms with Gasteiger partial charge in [0.1, 0.15) is 0 Å². The summed E-state index contributed by atoms with van der Waals surface area (Å²) in [6.45, 7) is 1.27. The molecule has 27 heavy (non-hydrogen) atoms. The molecule has 3 aromatic rings. The molecule has 0 atom stereocenters. The Balaban J connectivity index is 1.55. The maximum atomic E-state index is 9.23. The third-order valence-corrected chi connectivity index (χ3v) is 4.31. The van der Waals surface area contributed by atoms with E-state index in [9.17, 15) is 5.26 Å². The Labute approximate surface area is 160 Å². The Morgan fingerprint density at radius 1 is 0.889 bits per heavy atom. The second kappa shape index (κ2) is 9.21. The summed E-state index contributed by atoms with van der Waals surface area (Å²) in [5.41, 5.74) is 10.9. The summed E-state index contributed by atoms with van der Waals surface area (Å²) in [6.07, 6.45) is 0.907. The first kappa shape index (κ1) is 18.2. The van der Waals surface area contributed by atoms with Gasteiger partial charge in [0, 0.05) is 6.54 Å². The van der Waals surface area contributed by atoms with Gasteiger partial charge in [-0.2, -0.15) is 5.26 Å². The molecule has 0 bridgehead atoms. The van der Waals surface area contributed by atoms with Gasteiger partial charge < -0.3 is 11.1 Å². The molecule has 0 aliphatic heterocycles. The number of aliphatic imine (C=N–C) groups is 1. The fraction of sp³-hybridized carbons (Fsp3) is 0.130. The van der Waals surface area contributed by atoms with Crippen LogP contribution in [0.4, 0.5) is 0 Å². The smallest absolute Gasteiger partial charge is 0.188 e. The molecule has 0 saturated carbocycles. The van der Waals surface area contributed by atoms with Crippen molar-refractivity contribution in [3.05, 3.63) is 95.6 Å². The highest BCUT2D eigenvalue weighted by Crippen LogP contribution is 2.23. The summed E-state index contributed by atoms with van der Waals surface area (Å²) in [7, 11) is 0. The van der Waals surface area contributed by atoms with Crippen molar-refractivity contribution in [3.63, 3.8) is 0 Å². The lowest BCUT2D eigenvalue weighted by molar-refractivity contribution is 0.848. The molecule has 134 valence electrons. The summed E-state index contributed by atoms with van der Waals surface area (Å²) in [5, 5.41) is 12.4. The van der Waals surface area contributed by atoms with Gasteiger partial charge in [-0.25, -0.2) is 4.99 Å². The second-order valence-corrected chi connectivity index (χ2v) is 6.22. The zero-order chi connectivity index (χ0) is 18.9. The molecule has 0 radical (unpaired) electrons. The molecular weight excluding hydrogens is 332 g/mol. The van der Waals surface area contributed by atoms with E-state index in [1.54, 1.807) is 0 Å². The molecule has 0 aliphatic carbocycles. The van der Waals surface area contributed by atoms with Gasteiger partial charge in [0.25, 0.3) is 0 Å². The van der Waals surface area contributed by atoms with Crippen molar-refractivity contribution in [3.8, 4) is 17.2 Å². The first-order valence-corrected chi connectivity index (χ1v) is 8.92. The Hall–Kier alpha value is -3.58. The lowest BCUT2D eigenvalue weighted by Crippen LogP contribution is -2.33. The predicted molar refractivity (Wildman–Crippen MR) is 110 cm³/mol. The number of guanidine groups is 1. The van der Waals surface area contributed by atoms with Crippen molar-refractivity contribution in [1.29, 1.82) is 5.26 Å². The number of hydrogen-bond donors (Lipinski definition) is 2. The van der Waals surface area contributed by atoms with E-state index in [2.05, 4.69) is 28.5 Å². The van der Waals surface area contributed by atoms with E-state index < -0.39 is 0 Å². The van der Waals surface area contributed by atoms with Gasteiger partial charge in [-0.1, -0.05) is 72.8 Å². The van der Waals surface area contributed by atoms with Gasteiger partial charge in [-0.15, -0.1) is 0 Å². The molecule has 0 spiro atoms. The zero-order valence-corrected chi connectivity index (χ0v) is 15.1. The Morgan fingerprint density at radius 2 is 1.59 bits per heavy atom. The first-order valence-electron chi connectivity index (χ1n) is 8.92. The van der Waals surface area contributed by atoms with E-state index in [1.807, 2.05) is 66.7 Å². The zero-order valence-electron chi connectivity index (χ0n) is 15.1. The highest BCUT2D eigenvalue weighted by molar-refractivity contribution is 5.77. The fourth-order valence-corrected chi connectivity index (χ4v) is 2.83. The Kier molecular flexibility index (Phi) is 6.21. The lowest BCUT2D eigenvalue weighted by Gasteiger charge is -2.07. The van der Waals surface area contributed by atoms with Crippen LogP contribution in [0.3, 0.4) is 0 Å². The number of nitriles is 1. The number of nitrogens with one attached hydrogen (secondary N) is 1. The van der Waals surface area contributed by atoms with Crippen LogP contribution >= 0.6 is 0 Å². The summed E-state index contributed by atoms with van der Waals surface area (Å²) >= 11 is 0. The van der Waals surface area contributed by atoms with Crippen LogP contribution in [-0.2, 0) is 13.0 Å². The Bertz CT molecular complexity index is 938. The van der Waals surface area contributed by atoms with Crippen LogP contribution in [0.15, 0.2) is 83.9 Å². The van der Waals surface area contributed by atoms with Gasteiger partial charge in [-0.05, 0) is 34.7 Å². The van der Waals surface area contributed by atoms with Crippen LogP contribution in [0.1, 0.15) is 16.7 Å². The van der Waals surface area contributed by atoms with Gasteiger partial charge >= 0.3 is 0 Å². The number of nitrogens with zero attached hydrogens (tertiary/aromatic N) is 2. The maximum absolute atomic E-state index is 9.23. The van der Waals surface area contributed by atoms with E-state index in [1.165, 1.54) is 5.56 Å². The molecule has 3 N–H and O–H groups in total. The Morgan fingerprint density at radius 3 is 2.33 bits per heavy atom. The van der Waals surface area contributed by atoms with Gasteiger partial charge in [0.05, 0.1) is 18.2 Å². The van der Waals surface area contributed by atoms with Crippen molar-refractivity contribution in [1.82, 2.24) is 5.32 Å². The summed E-state index contributed by atoms with van der Waals surface area (Å²) < 4.78 is 0. The molecule has 0 aliphatic rings. The first-order chi connectivity index (χ1) is 13.3. The van der Waals surface area contributed by atoms with Gasteiger partial charge in [0.2, 0.25) is 0 Å². The van der Waals surface area contributed by atoms with Crippen LogP contribution in [0.25, 0.3) is 11.1 Å². The largest absolute Gasteiger partial charge is 0.370 e. The van der Waals surface area contributed by atoms with E-state index >= 15 is 0 Å². The highest BCUT2D eigenvalue weighted by Gasteiger charge is 2.03. The number of rotatable bonds is 6. The molecule has 0 saturated heterocycles. The number of nitrogens with two attached hydrogens (primary N) is 1. The van der Waals surface area contributed by atoms with Crippen molar-refractivity contribution < 1.29 is 0 Å². The van der Waals surface area contributed by atoms with Crippen LogP contribution in [0, 0.1) is 11.3 Å². The molecule has 0 aromatic heterocycles. The molecule has 0 fully saturated rings. The molecule has 4 heteroatoms. The van der Waals surface area contributed by atoms with Crippen molar-refractivity contribution in [2.75, 3.05) is 6.54 Å². The summed E-state index contributed by atoms with van der Waals surface area (Å²) in [4.78, 5) is 4.39. The summed E-state index contributed by atoms with van der Waals surface area (Å²) in [5.74, 6) is 0.449. The van der Waals surface area contributed by atoms with Crippen LogP contribution < -0.4 is 11.1 Å². The fourth-order valence-electron chi connectivity index (χ4n) is 2.83. The minimum absolute atomic E-state index is 0.449. The van der Waals surface area contributed by atoms with Crippen molar-refractivity contribution in [2.24, 2.45) is 10.7 Å². The van der Waals surface area contributed by atoms with E-state index in [0.29, 0.717) is 18.1 Å². The van der Waals surface area contributed by atoms with E-state index in [-0.39, 0.29) is 0 Å². The number of hydrogen-bond acceptors (Lipinski definition) is 2. The average Bonchev–Trinajstić information content (AvgIpc) is 2.73. The SMILES string of the molecule is N#Cc1ccccc1-c1ccc(CN=C(N)NCCc2ccccc2)cc1. The third-order valence-electron chi connectivity index (χ3n) is 4.31. The topological polar surface area (TPSA) is 74.2 Å². The molecule has 0 heterocycles. The second-order valence-electron chi connectivity index (χ2n) is 6.22. The molecule has 3 aromatic carbocycles. The molecule has 3 rings (SSSR count). The van der Waals surface area contributed by atoms with Gasteiger partial charge in [-0.3, -0.25) is 0 Å². The normalized spacial score (nSPS) is 11.0. The highest BCUT2D eigenvalue weighted by atomic mass is 15.1. The standard InChI is InChI=1S/C23H22N4/c24-16-21-8-4-5-9-22(21)20-12-10-19(11-13-20)17-27-23(25)26-15-14-18-6-2-1-3-7-18/h1-13H,14-15,17H2,(H3,25,26,27). The van der Waals surface area contributed by atoms with Crippen molar-refractivity contribution in [2.45, 2.75) is 13.0 Å². The predicted octanol–water partition coefficient (Wildman–Crippen LogP) is 3.87. The minimum atomic E-state index is 0.449. The van der Waals surface area contributed by atoms with E-state index in [0.717, 1.165) is 29.7 Å². The quantitative estimate of drug-likeness (QED) is 0.521. The van der Waals surface area contributed by atoms with Crippen LogP contribution in [-0.4, -0.2) is 12.5 Å². The number of benzene rings is 3. The molecule has 0 unspecified atom stereocenters. The minimum Gasteiger partial charge on any atom is -0.370 e.